The molecule has 1 aromatic heterocycles. The van der Waals surface area contributed by atoms with Gasteiger partial charge < -0.3 is 9.88 Å². The van der Waals surface area contributed by atoms with Crippen LogP contribution in [0.3, 0.4) is 0 Å². The lowest BCUT2D eigenvalue weighted by Gasteiger charge is -2.03. The number of benzene rings is 1. The molecule has 1 aromatic carbocycles. The van der Waals surface area contributed by atoms with Crippen molar-refractivity contribution >= 4 is 11.5 Å². The lowest BCUT2D eigenvalue weighted by Crippen LogP contribution is -2.14. The first-order valence-electron chi connectivity index (χ1n) is 5.16. The largest absolute Gasteiger partial charge is 0.378 e. The van der Waals surface area contributed by atoms with Gasteiger partial charge in [0.15, 0.2) is 0 Å². The van der Waals surface area contributed by atoms with Crippen molar-refractivity contribution in [3.05, 3.63) is 48.3 Å². The third-order valence-corrected chi connectivity index (χ3v) is 2.29. The minimum absolute atomic E-state index is 0.102. The molecule has 0 saturated heterocycles. The molecule has 2 aromatic rings. The standard InChI is InChI=1S/C12H12FN3O/c1-16-7-11(15-8-16)12(17)6-14-10-4-2-9(13)3-5-10/h2-5,7-8,14H,6H2,1H3. The molecule has 0 aliphatic rings. The van der Waals surface area contributed by atoms with E-state index in [0.29, 0.717) is 11.4 Å². The van der Waals surface area contributed by atoms with Crippen molar-refractivity contribution in [2.45, 2.75) is 0 Å². The Kier molecular flexibility index (Phi) is 3.18. The first-order chi connectivity index (χ1) is 8.15. The minimum Gasteiger partial charge on any atom is -0.378 e. The fourth-order valence-corrected chi connectivity index (χ4v) is 1.40. The van der Waals surface area contributed by atoms with Crippen molar-refractivity contribution in [1.29, 1.82) is 0 Å². The highest BCUT2D eigenvalue weighted by Crippen LogP contribution is 2.08. The summed E-state index contributed by atoms with van der Waals surface area (Å²) in [6.45, 7) is 0.142. The van der Waals surface area contributed by atoms with Crippen molar-refractivity contribution in [2.24, 2.45) is 7.05 Å². The molecule has 0 aliphatic heterocycles. The van der Waals surface area contributed by atoms with Gasteiger partial charge in [0.25, 0.3) is 0 Å². The van der Waals surface area contributed by atoms with Crippen LogP contribution < -0.4 is 5.32 Å². The van der Waals surface area contributed by atoms with E-state index in [9.17, 15) is 9.18 Å². The summed E-state index contributed by atoms with van der Waals surface area (Å²) < 4.78 is 14.4. The molecule has 2 rings (SSSR count). The van der Waals surface area contributed by atoms with Gasteiger partial charge in [-0.1, -0.05) is 0 Å². The lowest BCUT2D eigenvalue weighted by atomic mass is 10.2. The quantitative estimate of drug-likeness (QED) is 0.820. The van der Waals surface area contributed by atoms with E-state index in [1.54, 1.807) is 36.3 Å². The van der Waals surface area contributed by atoms with Gasteiger partial charge in [-0.2, -0.15) is 0 Å². The van der Waals surface area contributed by atoms with Gasteiger partial charge in [0.2, 0.25) is 5.78 Å². The second kappa shape index (κ2) is 4.78. The maximum Gasteiger partial charge on any atom is 0.201 e. The number of aromatic nitrogens is 2. The summed E-state index contributed by atoms with van der Waals surface area (Å²) in [6, 6.07) is 5.85. The third-order valence-electron chi connectivity index (χ3n) is 2.29. The number of nitrogens with one attached hydrogen (secondary N) is 1. The average molecular weight is 233 g/mol. The fourth-order valence-electron chi connectivity index (χ4n) is 1.40. The number of Topliss-reactive ketones (excluding diaryl/α,β-unsaturated/α-hetero) is 1. The summed E-state index contributed by atoms with van der Waals surface area (Å²) in [4.78, 5) is 15.6. The number of hydrogen-bond donors (Lipinski definition) is 1. The van der Waals surface area contributed by atoms with Crippen LogP contribution >= 0.6 is 0 Å². The fraction of sp³-hybridized carbons (Fsp3) is 0.167. The molecule has 1 heterocycles. The van der Waals surface area contributed by atoms with Crippen LogP contribution in [-0.4, -0.2) is 21.9 Å². The molecule has 0 atom stereocenters. The van der Waals surface area contributed by atoms with E-state index in [4.69, 9.17) is 0 Å². The maximum absolute atomic E-state index is 12.6. The van der Waals surface area contributed by atoms with Gasteiger partial charge in [-0.25, -0.2) is 9.37 Å². The van der Waals surface area contributed by atoms with Crippen LogP contribution in [0.25, 0.3) is 0 Å². The smallest absolute Gasteiger partial charge is 0.201 e. The Labute approximate surface area is 98.1 Å². The number of aryl methyl sites for hydroxylation is 1. The van der Waals surface area contributed by atoms with Crippen LogP contribution in [0.5, 0.6) is 0 Å². The highest BCUT2D eigenvalue weighted by molar-refractivity contribution is 5.97. The number of hydrogen-bond acceptors (Lipinski definition) is 3. The van der Waals surface area contributed by atoms with E-state index in [-0.39, 0.29) is 18.1 Å². The Balaban J connectivity index is 1.94. The van der Waals surface area contributed by atoms with E-state index >= 15 is 0 Å². The van der Waals surface area contributed by atoms with Crippen molar-refractivity contribution in [3.8, 4) is 0 Å². The summed E-state index contributed by atoms with van der Waals surface area (Å²) in [5.74, 6) is -0.401. The topological polar surface area (TPSA) is 46.9 Å². The Hall–Kier alpha value is -2.17. The molecular formula is C12H12FN3O. The zero-order chi connectivity index (χ0) is 12.3. The maximum atomic E-state index is 12.6. The molecule has 4 nitrogen and oxygen atoms in total. The summed E-state index contributed by atoms with van der Waals surface area (Å²) in [6.07, 6.45) is 3.24. The normalized spacial score (nSPS) is 10.2. The van der Waals surface area contributed by atoms with E-state index < -0.39 is 0 Å². The lowest BCUT2D eigenvalue weighted by molar-refractivity contribution is 0.100. The molecule has 88 valence electrons. The monoisotopic (exact) mass is 233 g/mol. The molecule has 0 amide bonds. The Bertz CT molecular complexity index is 519. The average Bonchev–Trinajstić information content (AvgIpc) is 2.75. The number of imidazole rings is 1. The van der Waals surface area contributed by atoms with Crippen molar-refractivity contribution in [1.82, 2.24) is 9.55 Å². The summed E-state index contributed by atoms with van der Waals surface area (Å²) in [7, 11) is 1.80. The van der Waals surface area contributed by atoms with Gasteiger partial charge in [-0.15, -0.1) is 0 Å². The van der Waals surface area contributed by atoms with Gasteiger partial charge in [0, 0.05) is 18.9 Å². The van der Waals surface area contributed by atoms with E-state index in [1.165, 1.54) is 12.1 Å². The van der Waals surface area contributed by atoms with Crippen LogP contribution in [-0.2, 0) is 7.05 Å². The summed E-state index contributed by atoms with van der Waals surface area (Å²) in [5.41, 5.74) is 1.12. The van der Waals surface area contributed by atoms with Crippen molar-refractivity contribution in [2.75, 3.05) is 11.9 Å². The number of carbonyl (C=O) groups is 1. The van der Waals surface area contributed by atoms with Gasteiger partial charge >= 0.3 is 0 Å². The first-order valence-corrected chi connectivity index (χ1v) is 5.16. The molecule has 5 heteroatoms. The van der Waals surface area contributed by atoms with E-state index in [2.05, 4.69) is 10.3 Å². The van der Waals surface area contributed by atoms with Gasteiger partial charge in [0.05, 0.1) is 12.9 Å². The highest BCUT2D eigenvalue weighted by atomic mass is 19.1. The Morgan fingerprint density at radius 3 is 2.71 bits per heavy atom. The van der Waals surface area contributed by atoms with Gasteiger partial charge in [0.1, 0.15) is 11.5 Å². The molecule has 0 unspecified atom stereocenters. The number of halogens is 1. The highest BCUT2D eigenvalue weighted by Gasteiger charge is 2.08. The Morgan fingerprint density at radius 1 is 1.41 bits per heavy atom. The molecule has 0 fully saturated rings. The molecule has 0 aliphatic carbocycles. The number of carbonyl (C=O) groups excluding carboxylic acids is 1. The van der Waals surface area contributed by atoms with Crippen molar-refractivity contribution in [3.63, 3.8) is 0 Å². The van der Waals surface area contributed by atoms with Crippen LogP contribution in [0.1, 0.15) is 10.5 Å². The molecule has 1 N–H and O–H groups in total. The predicted octanol–water partition coefficient (Wildman–Crippen LogP) is 1.85. The molecule has 0 spiro atoms. The minimum atomic E-state index is -0.299. The Morgan fingerprint density at radius 2 is 2.12 bits per heavy atom. The molecule has 0 bridgehead atoms. The molecule has 17 heavy (non-hydrogen) atoms. The van der Waals surface area contributed by atoms with Gasteiger partial charge in [-0.05, 0) is 24.3 Å². The molecule has 0 saturated carbocycles. The summed E-state index contributed by atoms with van der Waals surface area (Å²) in [5, 5.41) is 2.91. The number of anilines is 1. The zero-order valence-electron chi connectivity index (χ0n) is 9.35. The first kappa shape index (κ1) is 11.3. The van der Waals surface area contributed by atoms with Crippen LogP contribution in [0.4, 0.5) is 10.1 Å². The van der Waals surface area contributed by atoms with Crippen LogP contribution in [0.15, 0.2) is 36.8 Å². The number of nitrogens with zero attached hydrogens (tertiary/aromatic N) is 2. The summed E-state index contributed by atoms with van der Waals surface area (Å²) >= 11 is 0. The van der Waals surface area contributed by atoms with Gasteiger partial charge in [-0.3, -0.25) is 4.79 Å². The predicted molar refractivity (Wildman–Crippen MR) is 62.4 cm³/mol. The van der Waals surface area contributed by atoms with Crippen LogP contribution in [0, 0.1) is 5.82 Å². The SMILES string of the molecule is Cn1cnc(C(=O)CNc2ccc(F)cc2)c1. The second-order valence-electron chi connectivity index (χ2n) is 3.71. The van der Waals surface area contributed by atoms with E-state index in [0.717, 1.165) is 0 Å². The number of ketones is 1. The number of rotatable bonds is 4. The van der Waals surface area contributed by atoms with Crippen molar-refractivity contribution < 1.29 is 9.18 Å². The molecular weight excluding hydrogens is 221 g/mol. The van der Waals surface area contributed by atoms with E-state index in [1.807, 2.05) is 0 Å². The zero-order valence-corrected chi connectivity index (χ0v) is 9.35. The molecule has 0 radical (unpaired) electrons. The van der Waals surface area contributed by atoms with Crippen LogP contribution in [0.2, 0.25) is 0 Å². The third kappa shape index (κ3) is 2.90. The second-order valence-corrected chi connectivity index (χ2v) is 3.71.